The molecule has 1 atom stereocenters. The molecule has 0 radical (unpaired) electrons. The lowest BCUT2D eigenvalue weighted by molar-refractivity contribution is -0.385. The van der Waals surface area contributed by atoms with Crippen molar-refractivity contribution >= 4 is 23.4 Å². The average molecular weight is 425 g/mol. The highest BCUT2D eigenvalue weighted by Crippen LogP contribution is 2.36. The standard InChI is InChI=1S/C22H20FN3O5/c23-15-10-8-14(9-11-15)20(13-4-1-2-5-13)24-18(27)12-25-21(28)16-6-3-7-17(26(30)31)19(16)22(25)29/h3,6-11,13,20H,1-2,4-5,12H2,(H,24,27)/t20-/m0/s1. The second kappa shape index (κ2) is 8.25. The number of hydrogen-bond donors (Lipinski definition) is 1. The van der Waals surface area contributed by atoms with Crippen LogP contribution in [-0.2, 0) is 4.79 Å². The van der Waals surface area contributed by atoms with Gasteiger partial charge in [0.2, 0.25) is 5.91 Å². The van der Waals surface area contributed by atoms with Crippen LogP contribution in [0.15, 0.2) is 42.5 Å². The first-order chi connectivity index (χ1) is 14.9. The van der Waals surface area contributed by atoms with E-state index in [4.69, 9.17) is 0 Å². The number of imide groups is 1. The van der Waals surface area contributed by atoms with Gasteiger partial charge in [-0.15, -0.1) is 0 Å². The molecule has 31 heavy (non-hydrogen) atoms. The Kier molecular flexibility index (Phi) is 5.50. The molecule has 1 aliphatic heterocycles. The van der Waals surface area contributed by atoms with E-state index in [2.05, 4.69) is 5.32 Å². The van der Waals surface area contributed by atoms with Crippen molar-refractivity contribution in [2.45, 2.75) is 31.7 Å². The number of carbonyl (C=O) groups is 3. The SMILES string of the molecule is O=C(CN1C(=O)c2cccc([N+](=O)[O-])c2C1=O)N[C@H](c1ccc(F)cc1)C1CCCC1. The van der Waals surface area contributed by atoms with E-state index in [9.17, 15) is 28.9 Å². The van der Waals surface area contributed by atoms with Gasteiger partial charge >= 0.3 is 0 Å². The van der Waals surface area contributed by atoms with E-state index >= 15 is 0 Å². The van der Waals surface area contributed by atoms with Crippen molar-refractivity contribution in [2.75, 3.05) is 6.54 Å². The van der Waals surface area contributed by atoms with Gasteiger partial charge in [-0.25, -0.2) is 4.39 Å². The maximum atomic E-state index is 13.3. The van der Waals surface area contributed by atoms with Gasteiger partial charge in [0.25, 0.3) is 17.5 Å². The zero-order valence-electron chi connectivity index (χ0n) is 16.5. The molecule has 0 saturated heterocycles. The first-order valence-electron chi connectivity index (χ1n) is 10.0. The highest BCUT2D eigenvalue weighted by molar-refractivity contribution is 6.24. The quantitative estimate of drug-likeness (QED) is 0.433. The summed E-state index contributed by atoms with van der Waals surface area (Å²) in [7, 11) is 0. The van der Waals surface area contributed by atoms with Crippen molar-refractivity contribution in [1.82, 2.24) is 10.2 Å². The van der Waals surface area contributed by atoms with E-state index in [1.807, 2.05) is 0 Å². The largest absolute Gasteiger partial charge is 0.347 e. The molecule has 0 bridgehead atoms. The van der Waals surface area contributed by atoms with Crippen LogP contribution in [0, 0.1) is 21.8 Å². The van der Waals surface area contributed by atoms with Crippen LogP contribution in [0.4, 0.5) is 10.1 Å². The fourth-order valence-electron chi connectivity index (χ4n) is 4.41. The Bertz CT molecular complexity index is 1060. The van der Waals surface area contributed by atoms with Crippen molar-refractivity contribution in [2.24, 2.45) is 5.92 Å². The third-order valence-corrected chi connectivity index (χ3v) is 5.89. The Labute approximate surface area is 177 Å². The molecule has 0 unspecified atom stereocenters. The van der Waals surface area contributed by atoms with Crippen molar-refractivity contribution in [3.8, 4) is 0 Å². The molecule has 0 aromatic heterocycles. The molecule has 3 amide bonds. The van der Waals surface area contributed by atoms with E-state index < -0.39 is 34.9 Å². The lowest BCUT2D eigenvalue weighted by atomic mass is 9.91. The van der Waals surface area contributed by atoms with Crippen LogP contribution < -0.4 is 5.32 Å². The van der Waals surface area contributed by atoms with Crippen molar-refractivity contribution in [3.63, 3.8) is 0 Å². The topological polar surface area (TPSA) is 110 Å². The molecule has 1 aliphatic carbocycles. The summed E-state index contributed by atoms with van der Waals surface area (Å²) in [5, 5.41) is 14.1. The second-order valence-electron chi connectivity index (χ2n) is 7.79. The normalized spacial score (nSPS) is 17.0. The van der Waals surface area contributed by atoms with E-state index in [0.29, 0.717) is 0 Å². The minimum Gasteiger partial charge on any atom is -0.347 e. The van der Waals surface area contributed by atoms with Gasteiger partial charge in [-0.3, -0.25) is 29.4 Å². The summed E-state index contributed by atoms with van der Waals surface area (Å²) >= 11 is 0. The van der Waals surface area contributed by atoms with Gasteiger partial charge in [-0.2, -0.15) is 0 Å². The lowest BCUT2D eigenvalue weighted by Crippen LogP contribution is -2.42. The van der Waals surface area contributed by atoms with Gasteiger partial charge in [0.15, 0.2) is 0 Å². The summed E-state index contributed by atoms with van der Waals surface area (Å²) in [5.41, 5.74) is -0.0948. The average Bonchev–Trinajstić information content (AvgIpc) is 3.36. The second-order valence-corrected chi connectivity index (χ2v) is 7.79. The fraction of sp³-hybridized carbons (Fsp3) is 0.318. The summed E-state index contributed by atoms with van der Waals surface area (Å²) in [6, 6.07) is 9.32. The van der Waals surface area contributed by atoms with Crippen LogP contribution in [0.25, 0.3) is 0 Å². The number of fused-ring (bicyclic) bond motifs is 1. The Hall–Kier alpha value is -3.62. The molecular formula is C22H20FN3O5. The number of carbonyl (C=O) groups excluding carboxylic acids is 3. The van der Waals surface area contributed by atoms with Crippen LogP contribution in [0.5, 0.6) is 0 Å². The predicted octanol–water partition coefficient (Wildman–Crippen LogP) is 3.38. The molecule has 160 valence electrons. The number of nitrogens with zero attached hydrogens (tertiary/aromatic N) is 2. The van der Waals surface area contributed by atoms with Crippen molar-refractivity contribution in [1.29, 1.82) is 0 Å². The lowest BCUT2D eigenvalue weighted by Gasteiger charge is -2.26. The van der Waals surface area contributed by atoms with E-state index in [-0.39, 0.29) is 28.9 Å². The minimum atomic E-state index is -0.860. The van der Waals surface area contributed by atoms with Gasteiger partial charge in [-0.1, -0.05) is 31.0 Å². The van der Waals surface area contributed by atoms with Crippen molar-refractivity contribution < 1.29 is 23.7 Å². The van der Waals surface area contributed by atoms with Gasteiger partial charge in [0.05, 0.1) is 16.5 Å². The van der Waals surface area contributed by atoms with Crippen LogP contribution in [0.2, 0.25) is 0 Å². The Balaban J connectivity index is 1.53. The molecule has 2 aliphatic rings. The smallest absolute Gasteiger partial charge is 0.282 e. The summed E-state index contributed by atoms with van der Waals surface area (Å²) in [5.74, 6) is -2.37. The maximum absolute atomic E-state index is 13.3. The minimum absolute atomic E-state index is 0.0853. The maximum Gasteiger partial charge on any atom is 0.282 e. The number of nitro benzene ring substituents is 1. The Morgan fingerprint density at radius 3 is 2.45 bits per heavy atom. The van der Waals surface area contributed by atoms with Crippen LogP contribution in [0.3, 0.4) is 0 Å². The highest BCUT2D eigenvalue weighted by Gasteiger charge is 2.42. The summed E-state index contributed by atoms with van der Waals surface area (Å²) in [6.45, 7) is -0.548. The van der Waals surface area contributed by atoms with E-state index in [1.165, 1.54) is 24.3 Å². The molecule has 4 rings (SSSR count). The van der Waals surface area contributed by atoms with Crippen LogP contribution >= 0.6 is 0 Å². The first-order valence-corrected chi connectivity index (χ1v) is 10.0. The molecule has 0 spiro atoms. The Morgan fingerprint density at radius 2 is 1.81 bits per heavy atom. The van der Waals surface area contributed by atoms with E-state index in [0.717, 1.165) is 42.2 Å². The molecule has 1 heterocycles. The molecule has 1 saturated carbocycles. The highest BCUT2D eigenvalue weighted by atomic mass is 19.1. The number of nitro groups is 1. The first kappa shape index (κ1) is 20.6. The van der Waals surface area contributed by atoms with Gasteiger partial charge in [0.1, 0.15) is 17.9 Å². The van der Waals surface area contributed by atoms with Crippen LogP contribution in [-0.4, -0.2) is 34.1 Å². The van der Waals surface area contributed by atoms with Gasteiger partial charge in [0, 0.05) is 6.07 Å². The number of hydrogen-bond acceptors (Lipinski definition) is 5. The molecule has 2 aromatic rings. The summed E-state index contributed by atoms with van der Waals surface area (Å²) in [4.78, 5) is 49.4. The number of rotatable bonds is 6. The number of benzene rings is 2. The Morgan fingerprint density at radius 1 is 1.13 bits per heavy atom. The number of nitrogens with one attached hydrogen (secondary N) is 1. The molecule has 2 aromatic carbocycles. The van der Waals surface area contributed by atoms with Gasteiger partial charge in [-0.05, 0) is 42.5 Å². The third-order valence-electron chi connectivity index (χ3n) is 5.89. The third kappa shape index (κ3) is 3.90. The number of amides is 3. The summed E-state index contributed by atoms with van der Waals surface area (Å²) < 4.78 is 13.3. The van der Waals surface area contributed by atoms with Gasteiger partial charge < -0.3 is 5.32 Å². The number of halogens is 1. The zero-order valence-corrected chi connectivity index (χ0v) is 16.5. The van der Waals surface area contributed by atoms with Crippen molar-refractivity contribution in [3.05, 3.63) is 75.1 Å². The van der Waals surface area contributed by atoms with E-state index in [1.54, 1.807) is 12.1 Å². The molecule has 1 N–H and O–H groups in total. The fourth-order valence-corrected chi connectivity index (χ4v) is 4.41. The monoisotopic (exact) mass is 425 g/mol. The predicted molar refractivity (Wildman–Crippen MR) is 108 cm³/mol. The summed E-state index contributed by atoms with van der Waals surface area (Å²) in [6.07, 6.45) is 3.86. The molecule has 9 heteroatoms. The zero-order chi connectivity index (χ0) is 22.1. The molecule has 1 fully saturated rings. The molecular weight excluding hydrogens is 405 g/mol. The molecule has 8 nitrogen and oxygen atoms in total. The van der Waals surface area contributed by atoms with Crippen LogP contribution in [0.1, 0.15) is 58.0 Å².